The molecule has 50 heavy (non-hydrogen) atoms. The molecular weight excluding hydrogens is 673 g/mol. The van der Waals surface area contributed by atoms with Gasteiger partial charge in [-0.05, 0) is 37.5 Å². The minimum absolute atomic E-state index is 0.0929. The van der Waals surface area contributed by atoms with E-state index in [1.165, 1.54) is 23.3 Å². The van der Waals surface area contributed by atoms with Crippen LogP contribution >= 0.6 is 23.1 Å². The highest BCUT2D eigenvalue weighted by atomic mass is 32.2. The summed E-state index contributed by atoms with van der Waals surface area (Å²) in [6.07, 6.45) is 0. The standard InChI is InChI=1S/C37H34N6O5S2/c1-36(2,3)48-34(46)31-28(20-38)49-22-27-30(33(45)43(27)31)40-32(44)29(42-47-4)26-21-50-35(39-26)41-37(23-14-8-5-9-15-23,24-16-10-6-11-17-24)25-18-12-7-13-19-25/h5-19,21,27,30H,22H2,1-4H3,(H,39,41)(H,40,44). The van der Waals surface area contributed by atoms with Gasteiger partial charge in [-0.15, -0.1) is 23.1 Å². The van der Waals surface area contributed by atoms with Gasteiger partial charge < -0.3 is 20.2 Å². The van der Waals surface area contributed by atoms with E-state index in [4.69, 9.17) is 14.6 Å². The van der Waals surface area contributed by atoms with Crippen molar-refractivity contribution in [1.29, 1.82) is 5.26 Å². The number of aromatic nitrogens is 1. The number of benzene rings is 3. The zero-order valence-electron chi connectivity index (χ0n) is 27.7. The van der Waals surface area contributed by atoms with E-state index in [0.29, 0.717) is 10.9 Å². The summed E-state index contributed by atoms with van der Waals surface area (Å²) < 4.78 is 5.48. The first-order valence-electron chi connectivity index (χ1n) is 15.7. The molecule has 13 heteroatoms. The molecule has 0 saturated carbocycles. The largest absolute Gasteiger partial charge is 0.455 e. The summed E-state index contributed by atoms with van der Waals surface area (Å²) in [5, 5.41) is 22.3. The SMILES string of the molecule is CON=C(C(=O)NC1C(=O)N2C(C(=O)OC(C)(C)C)=C(C#N)SCC12)c1csc(NC(c2ccccc2)(c2ccccc2)c2ccccc2)n1. The van der Waals surface area contributed by atoms with E-state index >= 15 is 0 Å². The lowest BCUT2D eigenvalue weighted by atomic mass is 9.77. The fraction of sp³-hybridized carbons (Fsp3) is 0.243. The van der Waals surface area contributed by atoms with Crippen molar-refractivity contribution in [3.8, 4) is 6.07 Å². The number of nitrogens with zero attached hydrogens (tertiary/aromatic N) is 4. The number of nitrogens with one attached hydrogen (secondary N) is 2. The van der Waals surface area contributed by atoms with Crippen LogP contribution in [0.1, 0.15) is 43.2 Å². The molecule has 4 aromatic rings. The van der Waals surface area contributed by atoms with Crippen LogP contribution in [0.15, 0.2) is 112 Å². The van der Waals surface area contributed by atoms with Crippen molar-refractivity contribution in [3.05, 3.63) is 129 Å². The lowest BCUT2D eigenvalue weighted by molar-refractivity contribution is -0.160. The van der Waals surface area contributed by atoms with E-state index in [-0.39, 0.29) is 22.0 Å². The van der Waals surface area contributed by atoms with E-state index < -0.39 is 41.0 Å². The summed E-state index contributed by atoms with van der Waals surface area (Å²) in [6.45, 7) is 5.10. The van der Waals surface area contributed by atoms with Crippen LogP contribution in [-0.4, -0.2) is 63.9 Å². The van der Waals surface area contributed by atoms with Crippen LogP contribution in [-0.2, 0) is 29.5 Å². The van der Waals surface area contributed by atoms with Gasteiger partial charge in [0.1, 0.15) is 41.0 Å². The second-order valence-electron chi connectivity index (χ2n) is 12.5. The number of esters is 1. The maximum Gasteiger partial charge on any atom is 0.357 e. The predicted octanol–water partition coefficient (Wildman–Crippen LogP) is 5.42. The Balaban J connectivity index is 1.28. The third-order valence-corrected chi connectivity index (χ3v) is 9.95. The molecule has 2 amide bonds. The second kappa shape index (κ2) is 14.2. The Morgan fingerprint density at radius 1 is 0.960 bits per heavy atom. The molecule has 2 unspecified atom stereocenters. The molecule has 2 atom stereocenters. The molecule has 11 nitrogen and oxygen atoms in total. The number of anilines is 1. The number of ether oxygens (including phenoxy) is 1. The third-order valence-electron chi connectivity index (χ3n) is 8.11. The molecule has 0 spiro atoms. The number of nitriles is 1. The summed E-state index contributed by atoms with van der Waals surface area (Å²) in [6, 6.07) is 30.6. The van der Waals surface area contributed by atoms with Crippen LogP contribution in [0.2, 0.25) is 0 Å². The number of thiazole rings is 1. The number of rotatable bonds is 10. The number of hydrogen-bond donors (Lipinski definition) is 2. The zero-order chi connectivity index (χ0) is 35.5. The number of oxime groups is 1. The summed E-state index contributed by atoms with van der Waals surface area (Å²) in [5.41, 5.74) is 1.26. The molecule has 2 aliphatic rings. The lowest BCUT2D eigenvalue weighted by Crippen LogP contribution is -2.73. The molecule has 3 aromatic carbocycles. The summed E-state index contributed by atoms with van der Waals surface area (Å²) in [4.78, 5) is 51.3. The Labute approximate surface area is 298 Å². The van der Waals surface area contributed by atoms with E-state index in [1.54, 1.807) is 26.2 Å². The maximum atomic E-state index is 13.7. The fourth-order valence-electron chi connectivity index (χ4n) is 5.99. The highest BCUT2D eigenvalue weighted by Crippen LogP contribution is 2.41. The van der Waals surface area contributed by atoms with Gasteiger partial charge in [-0.25, -0.2) is 9.78 Å². The minimum atomic E-state index is -0.965. The van der Waals surface area contributed by atoms with Gasteiger partial charge in [-0.3, -0.25) is 14.5 Å². The molecule has 1 aromatic heterocycles. The summed E-state index contributed by atoms with van der Waals surface area (Å²) >= 11 is 2.43. The average molecular weight is 707 g/mol. The minimum Gasteiger partial charge on any atom is -0.455 e. The quantitative estimate of drug-likeness (QED) is 0.0726. The van der Waals surface area contributed by atoms with Crippen LogP contribution in [0.25, 0.3) is 0 Å². The number of thioether (sulfide) groups is 1. The van der Waals surface area contributed by atoms with Crippen molar-refractivity contribution in [2.45, 2.75) is 44.0 Å². The molecule has 2 N–H and O–H groups in total. The molecule has 1 saturated heterocycles. The van der Waals surface area contributed by atoms with Gasteiger partial charge in [-0.2, -0.15) is 5.26 Å². The first-order chi connectivity index (χ1) is 24.1. The van der Waals surface area contributed by atoms with Crippen LogP contribution in [0.3, 0.4) is 0 Å². The molecule has 0 aliphatic carbocycles. The Morgan fingerprint density at radius 3 is 2.02 bits per heavy atom. The molecule has 6 rings (SSSR count). The van der Waals surface area contributed by atoms with Gasteiger partial charge in [0.15, 0.2) is 16.5 Å². The summed E-state index contributed by atoms with van der Waals surface area (Å²) in [7, 11) is 1.32. The monoisotopic (exact) mass is 706 g/mol. The number of β-lactam (4-membered cyclic amide) rings is 1. The number of hydrogen-bond acceptors (Lipinski definition) is 11. The first kappa shape index (κ1) is 34.4. The van der Waals surface area contributed by atoms with Crippen LogP contribution < -0.4 is 10.6 Å². The average Bonchev–Trinajstić information content (AvgIpc) is 3.59. The van der Waals surface area contributed by atoms with Gasteiger partial charge in [0.05, 0.1) is 6.04 Å². The second-order valence-corrected chi connectivity index (χ2v) is 14.4. The van der Waals surface area contributed by atoms with Crippen molar-refractivity contribution in [3.63, 3.8) is 0 Å². The van der Waals surface area contributed by atoms with Crippen LogP contribution in [0, 0.1) is 11.3 Å². The van der Waals surface area contributed by atoms with E-state index in [0.717, 1.165) is 28.5 Å². The van der Waals surface area contributed by atoms with Gasteiger partial charge in [0.2, 0.25) is 0 Å². The van der Waals surface area contributed by atoms with Crippen molar-refractivity contribution >= 4 is 51.7 Å². The van der Waals surface area contributed by atoms with Crippen LogP contribution in [0.4, 0.5) is 5.13 Å². The van der Waals surface area contributed by atoms with Crippen molar-refractivity contribution in [1.82, 2.24) is 15.2 Å². The lowest BCUT2D eigenvalue weighted by Gasteiger charge is -2.49. The van der Waals surface area contributed by atoms with Gasteiger partial charge in [0, 0.05) is 11.1 Å². The normalized spacial score (nSPS) is 17.6. The van der Waals surface area contributed by atoms with Gasteiger partial charge in [-0.1, -0.05) is 96.2 Å². The topological polar surface area (TPSA) is 146 Å². The molecule has 3 heterocycles. The molecular formula is C37H34N6O5S2. The molecule has 1 fully saturated rings. The molecule has 2 aliphatic heterocycles. The van der Waals surface area contributed by atoms with Gasteiger partial charge in [0.25, 0.3) is 11.8 Å². The highest BCUT2D eigenvalue weighted by molar-refractivity contribution is 8.03. The zero-order valence-corrected chi connectivity index (χ0v) is 29.4. The van der Waals surface area contributed by atoms with Crippen molar-refractivity contribution in [2.24, 2.45) is 5.16 Å². The highest BCUT2D eigenvalue weighted by Gasteiger charge is 2.55. The summed E-state index contributed by atoms with van der Waals surface area (Å²) in [5.74, 6) is -1.69. The van der Waals surface area contributed by atoms with Crippen molar-refractivity contribution in [2.75, 3.05) is 18.2 Å². The molecule has 254 valence electrons. The van der Waals surface area contributed by atoms with Crippen LogP contribution in [0.5, 0.6) is 0 Å². The maximum absolute atomic E-state index is 13.7. The predicted molar refractivity (Wildman–Crippen MR) is 192 cm³/mol. The fourth-order valence-corrected chi connectivity index (χ4v) is 7.80. The molecule has 0 bridgehead atoms. The van der Waals surface area contributed by atoms with Gasteiger partial charge >= 0.3 is 5.97 Å². The van der Waals surface area contributed by atoms with E-state index in [9.17, 15) is 19.6 Å². The number of carbonyl (C=O) groups is 3. The Hall–Kier alpha value is -5.45. The Bertz CT molecular complexity index is 1910. The smallest absolute Gasteiger partial charge is 0.357 e. The first-order valence-corrected chi connectivity index (χ1v) is 17.6. The Kier molecular flexibility index (Phi) is 9.76. The number of fused-ring (bicyclic) bond motifs is 1. The molecule has 0 radical (unpaired) electrons. The number of carbonyl (C=O) groups excluding carboxylic acids is 3. The Morgan fingerprint density at radius 2 is 1.52 bits per heavy atom. The third kappa shape index (κ3) is 6.59. The van der Waals surface area contributed by atoms with E-state index in [1.807, 2.05) is 60.7 Å². The van der Waals surface area contributed by atoms with E-state index in [2.05, 4.69) is 52.2 Å². The number of allylic oxidation sites excluding steroid dienone is 1. The van der Waals surface area contributed by atoms with Crippen molar-refractivity contribution < 1.29 is 24.0 Å². The number of amides is 2.